The van der Waals surface area contributed by atoms with E-state index >= 15 is 0 Å². The first-order chi connectivity index (χ1) is 9.04. The Labute approximate surface area is 125 Å². The van der Waals surface area contributed by atoms with Crippen molar-refractivity contribution in [2.24, 2.45) is 0 Å². The van der Waals surface area contributed by atoms with Crippen LogP contribution in [0.1, 0.15) is 74.1 Å². The average molecular weight is 283 g/mol. The summed E-state index contributed by atoms with van der Waals surface area (Å²) in [4.78, 5) is 13.9. The lowest BCUT2D eigenvalue weighted by Crippen LogP contribution is -2.58. The van der Waals surface area contributed by atoms with Gasteiger partial charge in [-0.2, -0.15) is 0 Å². The lowest BCUT2D eigenvalue weighted by atomic mass is 9.94. The number of unbranched alkanes of at least 4 members (excludes halogenated alkanes) is 2. The van der Waals surface area contributed by atoms with E-state index in [1.807, 2.05) is 0 Å². The fourth-order valence-corrected chi connectivity index (χ4v) is 2.86. The smallest absolute Gasteiger partial charge is 0.331 e. The van der Waals surface area contributed by atoms with Crippen LogP contribution in [0.5, 0.6) is 0 Å². The molecule has 0 amide bonds. The summed E-state index contributed by atoms with van der Waals surface area (Å²) in [5.41, 5.74) is -0.146. The van der Waals surface area contributed by atoms with Crippen molar-refractivity contribution in [3.63, 3.8) is 0 Å². The average Bonchev–Trinajstić information content (AvgIpc) is 2.25. The van der Waals surface area contributed by atoms with Gasteiger partial charge in [0.25, 0.3) is 0 Å². The lowest BCUT2D eigenvalue weighted by molar-refractivity contribution is -0.170. The number of ether oxygens (including phenoxy) is 1. The Morgan fingerprint density at radius 3 is 2.00 bits per heavy atom. The van der Waals surface area contributed by atoms with Crippen LogP contribution < -0.4 is 0 Å². The molecule has 1 unspecified atom stereocenters. The molecule has 0 aliphatic rings. The first-order valence-corrected chi connectivity index (χ1v) is 7.66. The highest BCUT2D eigenvalue weighted by Crippen LogP contribution is 2.30. The zero-order chi connectivity index (χ0) is 16.0. The molecule has 20 heavy (non-hydrogen) atoms. The van der Waals surface area contributed by atoms with Crippen LogP contribution in [-0.2, 0) is 9.53 Å². The van der Waals surface area contributed by atoms with E-state index in [1.165, 1.54) is 6.08 Å². The van der Waals surface area contributed by atoms with E-state index in [-0.39, 0.29) is 23.3 Å². The number of carbonyl (C=O) groups excluding carboxylic acids is 1. The normalized spacial score (nSPS) is 14.2. The second kappa shape index (κ2) is 7.82. The second-order valence-corrected chi connectivity index (χ2v) is 7.30. The SMILES string of the molecule is C=CC(=O)OC(CCCCC)N(C(C)(C)C)C(C)(C)C. The van der Waals surface area contributed by atoms with Gasteiger partial charge >= 0.3 is 5.97 Å². The van der Waals surface area contributed by atoms with Crippen molar-refractivity contribution in [3.05, 3.63) is 12.7 Å². The highest BCUT2D eigenvalue weighted by molar-refractivity contribution is 5.81. The molecule has 0 aliphatic heterocycles. The summed E-state index contributed by atoms with van der Waals surface area (Å²) in [7, 11) is 0. The van der Waals surface area contributed by atoms with Crippen LogP contribution in [0.15, 0.2) is 12.7 Å². The first kappa shape index (κ1) is 19.2. The van der Waals surface area contributed by atoms with Crippen molar-refractivity contribution in [3.8, 4) is 0 Å². The minimum Gasteiger partial charge on any atom is -0.443 e. The van der Waals surface area contributed by atoms with Crippen LogP contribution in [0, 0.1) is 0 Å². The summed E-state index contributed by atoms with van der Waals surface area (Å²) in [5, 5.41) is 0. The quantitative estimate of drug-likeness (QED) is 0.298. The fraction of sp³-hybridized carbons (Fsp3) is 0.824. The third-order valence-electron chi connectivity index (χ3n) is 3.21. The molecule has 3 nitrogen and oxygen atoms in total. The van der Waals surface area contributed by atoms with Gasteiger partial charge in [-0.3, -0.25) is 4.90 Å². The van der Waals surface area contributed by atoms with Crippen molar-refractivity contribution >= 4 is 5.97 Å². The van der Waals surface area contributed by atoms with E-state index in [1.54, 1.807) is 0 Å². The third-order valence-corrected chi connectivity index (χ3v) is 3.21. The van der Waals surface area contributed by atoms with Gasteiger partial charge < -0.3 is 4.74 Å². The maximum Gasteiger partial charge on any atom is 0.331 e. The van der Waals surface area contributed by atoms with Gasteiger partial charge in [-0.1, -0.05) is 26.3 Å². The van der Waals surface area contributed by atoms with Crippen molar-refractivity contribution in [1.29, 1.82) is 0 Å². The van der Waals surface area contributed by atoms with E-state index in [2.05, 4.69) is 59.9 Å². The summed E-state index contributed by atoms with van der Waals surface area (Å²) < 4.78 is 5.63. The van der Waals surface area contributed by atoms with E-state index in [0.29, 0.717) is 0 Å². The fourth-order valence-electron chi connectivity index (χ4n) is 2.86. The predicted octanol–water partition coefficient (Wildman–Crippen LogP) is 4.52. The molecule has 0 rings (SSSR count). The predicted molar refractivity (Wildman–Crippen MR) is 85.6 cm³/mol. The zero-order valence-corrected chi connectivity index (χ0v) is 14.5. The highest BCUT2D eigenvalue weighted by Gasteiger charge is 2.38. The molecule has 3 heteroatoms. The van der Waals surface area contributed by atoms with E-state index in [0.717, 1.165) is 25.7 Å². The van der Waals surface area contributed by atoms with E-state index in [9.17, 15) is 4.79 Å². The molecule has 0 aromatic rings. The van der Waals surface area contributed by atoms with Crippen LogP contribution >= 0.6 is 0 Å². The Hall–Kier alpha value is -0.830. The maximum absolute atomic E-state index is 11.6. The minimum absolute atomic E-state index is 0.0728. The molecule has 0 saturated heterocycles. The molecule has 0 heterocycles. The van der Waals surface area contributed by atoms with Crippen molar-refractivity contribution < 1.29 is 9.53 Å². The molecule has 0 spiro atoms. The molecular formula is C17H33NO2. The molecule has 0 aromatic heterocycles. The van der Waals surface area contributed by atoms with Crippen LogP contribution in [0.4, 0.5) is 0 Å². The highest BCUT2D eigenvalue weighted by atomic mass is 16.6. The van der Waals surface area contributed by atoms with Gasteiger partial charge in [-0.25, -0.2) is 4.79 Å². The lowest BCUT2D eigenvalue weighted by Gasteiger charge is -2.49. The molecule has 0 saturated carbocycles. The largest absolute Gasteiger partial charge is 0.443 e. The molecule has 0 aromatic carbocycles. The van der Waals surface area contributed by atoms with Gasteiger partial charge in [0.15, 0.2) is 6.23 Å². The molecule has 0 aliphatic carbocycles. The number of hydrogen-bond acceptors (Lipinski definition) is 3. The molecule has 118 valence electrons. The summed E-state index contributed by atoms with van der Waals surface area (Å²) in [5.74, 6) is -0.343. The Balaban J connectivity index is 5.19. The van der Waals surface area contributed by atoms with Gasteiger partial charge in [0.05, 0.1) is 0 Å². The standard InChI is InChI=1S/C17H33NO2/c1-9-11-12-13-14(20-15(19)10-2)18(16(3,4)5)17(6,7)8/h10,14H,2,9,11-13H2,1,3-8H3. The monoisotopic (exact) mass is 283 g/mol. The molecular weight excluding hydrogens is 250 g/mol. The summed E-state index contributed by atoms with van der Waals surface area (Å²) >= 11 is 0. The van der Waals surface area contributed by atoms with Crippen molar-refractivity contribution in [2.45, 2.75) is 91.5 Å². The molecule has 0 bridgehead atoms. The van der Waals surface area contributed by atoms with Gasteiger partial charge in [0.2, 0.25) is 0 Å². The number of carbonyl (C=O) groups is 1. The van der Waals surface area contributed by atoms with E-state index in [4.69, 9.17) is 4.74 Å². The minimum atomic E-state index is -0.343. The Morgan fingerprint density at radius 1 is 1.15 bits per heavy atom. The van der Waals surface area contributed by atoms with Crippen molar-refractivity contribution in [1.82, 2.24) is 4.90 Å². The van der Waals surface area contributed by atoms with Crippen LogP contribution in [-0.4, -0.2) is 28.2 Å². The summed E-state index contributed by atoms with van der Waals surface area (Å²) in [6, 6.07) is 0. The molecule has 0 fully saturated rings. The molecule has 0 N–H and O–H groups in total. The second-order valence-electron chi connectivity index (χ2n) is 7.30. The summed E-state index contributed by atoms with van der Waals surface area (Å²) in [6.45, 7) is 18.6. The third kappa shape index (κ3) is 6.56. The number of esters is 1. The topological polar surface area (TPSA) is 29.5 Å². The summed E-state index contributed by atoms with van der Waals surface area (Å²) in [6.07, 6.45) is 5.29. The van der Waals surface area contributed by atoms with Crippen LogP contribution in [0.3, 0.4) is 0 Å². The Bertz CT molecular complexity index is 296. The van der Waals surface area contributed by atoms with Gasteiger partial charge in [-0.05, 0) is 54.4 Å². The molecule has 0 radical (unpaired) electrons. The number of rotatable bonds is 7. The maximum atomic E-state index is 11.6. The van der Waals surface area contributed by atoms with Crippen LogP contribution in [0.2, 0.25) is 0 Å². The number of hydrogen-bond donors (Lipinski definition) is 0. The van der Waals surface area contributed by atoms with Crippen molar-refractivity contribution in [2.75, 3.05) is 0 Å². The first-order valence-electron chi connectivity index (χ1n) is 7.66. The Morgan fingerprint density at radius 2 is 1.65 bits per heavy atom. The number of nitrogens with zero attached hydrogens (tertiary/aromatic N) is 1. The zero-order valence-electron chi connectivity index (χ0n) is 14.5. The Kier molecular flexibility index (Phi) is 7.50. The van der Waals surface area contributed by atoms with Gasteiger partial charge in [0, 0.05) is 17.2 Å². The van der Waals surface area contributed by atoms with Gasteiger partial charge in [0.1, 0.15) is 0 Å². The van der Waals surface area contributed by atoms with Gasteiger partial charge in [-0.15, -0.1) is 0 Å². The molecule has 1 atom stereocenters. The van der Waals surface area contributed by atoms with Crippen LogP contribution in [0.25, 0.3) is 0 Å². The van der Waals surface area contributed by atoms with E-state index < -0.39 is 0 Å².